The van der Waals surface area contributed by atoms with Crippen molar-refractivity contribution >= 4 is 5.57 Å². The molecule has 1 aliphatic carbocycles. The number of aliphatic hydroxyl groups excluding tert-OH is 1. The highest BCUT2D eigenvalue weighted by molar-refractivity contribution is 5.68. The van der Waals surface area contributed by atoms with Gasteiger partial charge in [-0.15, -0.1) is 0 Å². The first-order chi connectivity index (χ1) is 8.50. The van der Waals surface area contributed by atoms with E-state index in [1.54, 1.807) is 0 Å². The molecule has 0 amide bonds. The molecule has 1 unspecified atom stereocenters. The third-order valence-corrected chi connectivity index (χ3v) is 3.66. The SMILES string of the molecule is CCCc1cccc(C2=CC(O)CC(C)(C)C2)c1. The molecule has 98 valence electrons. The molecule has 1 heteroatoms. The van der Waals surface area contributed by atoms with Gasteiger partial charge >= 0.3 is 0 Å². The molecule has 1 aromatic carbocycles. The van der Waals surface area contributed by atoms with Crippen LogP contribution in [-0.2, 0) is 6.42 Å². The van der Waals surface area contributed by atoms with Crippen molar-refractivity contribution in [1.29, 1.82) is 0 Å². The summed E-state index contributed by atoms with van der Waals surface area (Å²) in [6.45, 7) is 6.68. The molecule has 0 aliphatic heterocycles. The van der Waals surface area contributed by atoms with Crippen LogP contribution in [0, 0.1) is 5.41 Å². The number of allylic oxidation sites excluding steroid dienone is 1. The maximum atomic E-state index is 9.97. The van der Waals surface area contributed by atoms with Crippen LogP contribution < -0.4 is 0 Å². The van der Waals surface area contributed by atoms with Crippen LogP contribution in [-0.4, -0.2) is 11.2 Å². The highest BCUT2D eigenvalue weighted by Crippen LogP contribution is 2.39. The highest BCUT2D eigenvalue weighted by atomic mass is 16.3. The van der Waals surface area contributed by atoms with Gasteiger partial charge in [0.15, 0.2) is 0 Å². The molecule has 0 saturated heterocycles. The van der Waals surface area contributed by atoms with Gasteiger partial charge in [-0.1, -0.05) is 57.5 Å². The van der Waals surface area contributed by atoms with Crippen molar-refractivity contribution in [2.24, 2.45) is 5.41 Å². The zero-order valence-corrected chi connectivity index (χ0v) is 11.7. The number of hydrogen-bond acceptors (Lipinski definition) is 1. The van der Waals surface area contributed by atoms with E-state index in [0.29, 0.717) is 0 Å². The largest absolute Gasteiger partial charge is 0.389 e. The summed E-state index contributed by atoms with van der Waals surface area (Å²) in [6, 6.07) is 8.77. The minimum atomic E-state index is -0.293. The van der Waals surface area contributed by atoms with Crippen molar-refractivity contribution in [2.45, 2.75) is 52.6 Å². The van der Waals surface area contributed by atoms with Gasteiger partial charge in [0.05, 0.1) is 6.10 Å². The van der Waals surface area contributed by atoms with E-state index < -0.39 is 0 Å². The zero-order valence-electron chi connectivity index (χ0n) is 11.7. The lowest BCUT2D eigenvalue weighted by atomic mass is 9.74. The second kappa shape index (κ2) is 5.27. The van der Waals surface area contributed by atoms with Crippen LogP contribution in [0.5, 0.6) is 0 Å². The van der Waals surface area contributed by atoms with Gasteiger partial charge in [0, 0.05) is 0 Å². The van der Waals surface area contributed by atoms with Crippen molar-refractivity contribution in [3.8, 4) is 0 Å². The number of aliphatic hydroxyl groups is 1. The van der Waals surface area contributed by atoms with E-state index in [2.05, 4.69) is 45.0 Å². The van der Waals surface area contributed by atoms with Crippen molar-refractivity contribution in [3.63, 3.8) is 0 Å². The summed E-state index contributed by atoms with van der Waals surface area (Å²) in [4.78, 5) is 0. The molecular formula is C17H24O. The minimum Gasteiger partial charge on any atom is -0.389 e. The third-order valence-electron chi connectivity index (χ3n) is 3.66. The third kappa shape index (κ3) is 3.23. The average Bonchev–Trinajstić information content (AvgIpc) is 2.27. The van der Waals surface area contributed by atoms with Crippen molar-refractivity contribution < 1.29 is 5.11 Å². The molecule has 1 N–H and O–H groups in total. The van der Waals surface area contributed by atoms with Gasteiger partial charge in [-0.3, -0.25) is 0 Å². The summed E-state index contributed by atoms with van der Waals surface area (Å²) in [7, 11) is 0. The Hall–Kier alpha value is -1.08. The Kier molecular flexibility index (Phi) is 3.91. The van der Waals surface area contributed by atoms with Crippen molar-refractivity contribution in [1.82, 2.24) is 0 Å². The zero-order chi connectivity index (χ0) is 13.2. The predicted molar refractivity (Wildman–Crippen MR) is 77.4 cm³/mol. The van der Waals surface area contributed by atoms with E-state index in [1.165, 1.54) is 23.1 Å². The standard InChI is InChI=1S/C17H24O/c1-4-6-13-7-5-8-14(9-13)15-10-16(18)12-17(2,3)11-15/h5,7-10,16,18H,4,6,11-12H2,1-3H3. The van der Waals surface area contributed by atoms with E-state index in [0.717, 1.165) is 19.3 Å². The van der Waals surface area contributed by atoms with Crippen molar-refractivity contribution in [3.05, 3.63) is 41.5 Å². The number of benzene rings is 1. The summed E-state index contributed by atoms with van der Waals surface area (Å²) in [5.41, 5.74) is 4.18. The quantitative estimate of drug-likeness (QED) is 0.844. The normalized spacial score (nSPS) is 22.7. The molecule has 0 saturated carbocycles. The molecule has 18 heavy (non-hydrogen) atoms. The summed E-state index contributed by atoms with van der Waals surface area (Å²) in [5, 5.41) is 9.97. The van der Waals surface area contributed by atoms with Gasteiger partial charge in [-0.2, -0.15) is 0 Å². The molecule has 0 spiro atoms. The molecule has 1 aromatic rings. The van der Waals surface area contributed by atoms with Gasteiger partial charge in [0.1, 0.15) is 0 Å². The topological polar surface area (TPSA) is 20.2 Å². The maximum absolute atomic E-state index is 9.97. The summed E-state index contributed by atoms with van der Waals surface area (Å²) in [5.74, 6) is 0. The van der Waals surface area contributed by atoms with Crippen LogP contribution >= 0.6 is 0 Å². The van der Waals surface area contributed by atoms with Gasteiger partial charge in [-0.05, 0) is 41.4 Å². The van der Waals surface area contributed by atoms with E-state index in [1.807, 2.05) is 6.08 Å². The lowest BCUT2D eigenvalue weighted by Crippen LogP contribution is -2.24. The maximum Gasteiger partial charge on any atom is 0.0732 e. The Morgan fingerprint density at radius 3 is 2.78 bits per heavy atom. The van der Waals surface area contributed by atoms with Crippen LogP contribution in [0.2, 0.25) is 0 Å². The second-order valence-corrected chi connectivity index (χ2v) is 6.25. The van der Waals surface area contributed by atoms with E-state index in [4.69, 9.17) is 0 Å². The van der Waals surface area contributed by atoms with Crippen LogP contribution in [0.3, 0.4) is 0 Å². The minimum absolute atomic E-state index is 0.199. The van der Waals surface area contributed by atoms with Crippen molar-refractivity contribution in [2.75, 3.05) is 0 Å². The van der Waals surface area contributed by atoms with Crippen LogP contribution in [0.4, 0.5) is 0 Å². The predicted octanol–water partition coefficient (Wildman–Crippen LogP) is 4.20. The number of hydrogen-bond donors (Lipinski definition) is 1. The number of aryl methyl sites for hydroxylation is 1. The Labute approximate surface area is 111 Å². The van der Waals surface area contributed by atoms with Crippen LogP contribution in [0.25, 0.3) is 5.57 Å². The second-order valence-electron chi connectivity index (χ2n) is 6.25. The highest BCUT2D eigenvalue weighted by Gasteiger charge is 2.28. The molecule has 1 nitrogen and oxygen atoms in total. The molecular weight excluding hydrogens is 220 g/mol. The molecule has 0 radical (unpaired) electrons. The fraction of sp³-hybridized carbons (Fsp3) is 0.529. The lowest BCUT2D eigenvalue weighted by molar-refractivity contribution is 0.146. The monoisotopic (exact) mass is 244 g/mol. The van der Waals surface area contributed by atoms with E-state index >= 15 is 0 Å². The first kappa shape index (κ1) is 13.4. The van der Waals surface area contributed by atoms with Gasteiger partial charge in [0.2, 0.25) is 0 Å². The molecule has 1 aliphatic rings. The number of rotatable bonds is 3. The fourth-order valence-electron chi connectivity index (χ4n) is 2.92. The first-order valence-corrected chi connectivity index (χ1v) is 6.98. The molecule has 1 atom stereocenters. The lowest BCUT2D eigenvalue weighted by Gasteiger charge is -2.32. The molecule has 0 bridgehead atoms. The Balaban J connectivity index is 2.28. The summed E-state index contributed by atoms with van der Waals surface area (Å²) >= 11 is 0. The smallest absolute Gasteiger partial charge is 0.0732 e. The first-order valence-electron chi connectivity index (χ1n) is 6.98. The average molecular weight is 244 g/mol. The Bertz CT molecular complexity index is 443. The van der Waals surface area contributed by atoms with Gasteiger partial charge in [-0.25, -0.2) is 0 Å². The summed E-state index contributed by atoms with van der Waals surface area (Å²) < 4.78 is 0. The van der Waals surface area contributed by atoms with Crippen LogP contribution in [0.15, 0.2) is 30.3 Å². The molecule has 0 fully saturated rings. The van der Waals surface area contributed by atoms with Gasteiger partial charge in [0.25, 0.3) is 0 Å². The Morgan fingerprint density at radius 1 is 1.33 bits per heavy atom. The molecule has 0 aromatic heterocycles. The molecule has 2 rings (SSSR count). The van der Waals surface area contributed by atoms with Gasteiger partial charge < -0.3 is 5.11 Å². The Morgan fingerprint density at radius 2 is 2.11 bits per heavy atom. The fourth-order valence-corrected chi connectivity index (χ4v) is 2.92. The molecule has 0 heterocycles. The van der Waals surface area contributed by atoms with E-state index in [-0.39, 0.29) is 11.5 Å². The van der Waals surface area contributed by atoms with Crippen LogP contribution in [0.1, 0.15) is 51.2 Å². The van der Waals surface area contributed by atoms with E-state index in [9.17, 15) is 5.11 Å². The summed E-state index contributed by atoms with van der Waals surface area (Å²) in [6.07, 6.45) is 5.98.